The normalized spacial score (nSPS) is 27.5. The van der Waals surface area contributed by atoms with Crippen molar-refractivity contribution >= 4 is 17.7 Å². The van der Waals surface area contributed by atoms with E-state index < -0.39 is 0 Å². The van der Waals surface area contributed by atoms with E-state index >= 15 is 0 Å². The summed E-state index contributed by atoms with van der Waals surface area (Å²) < 4.78 is 13.0. The van der Waals surface area contributed by atoms with Gasteiger partial charge >= 0.3 is 0 Å². The maximum Gasteiger partial charge on any atom is 0.288 e. The Kier molecular flexibility index (Phi) is 4.62. The molecule has 0 bridgehead atoms. The number of primary amides is 1. The third-order valence-electron chi connectivity index (χ3n) is 5.02. The van der Waals surface area contributed by atoms with E-state index in [0.29, 0.717) is 25.9 Å². The second kappa shape index (κ2) is 6.68. The lowest BCUT2D eigenvalue weighted by molar-refractivity contribution is -0.920. The summed E-state index contributed by atoms with van der Waals surface area (Å²) >= 11 is 0. The lowest BCUT2D eigenvalue weighted by Crippen LogP contribution is -3.17. The van der Waals surface area contributed by atoms with Crippen LogP contribution in [-0.2, 0) is 20.9 Å². The summed E-state index contributed by atoms with van der Waals surface area (Å²) in [6, 6.07) is 5.41. The number of piperidine rings is 1. The van der Waals surface area contributed by atoms with Crippen molar-refractivity contribution in [1.82, 2.24) is 4.90 Å². The van der Waals surface area contributed by atoms with Crippen molar-refractivity contribution in [2.75, 3.05) is 13.1 Å². The van der Waals surface area contributed by atoms with Gasteiger partial charge < -0.3 is 10.6 Å². The second-order valence-corrected chi connectivity index (χ2v) is 6.54. The molecule has 0 aromatic heterocycles. The molecule has 2 saturated heterocycles. The van der Waals surface area contributed by atoms with Gasteiger partial charge in [-0.3, -0.25) is 19.3 Å². The van der Waals surface area contributed by atoms with Crippen molar-refractivity contribution < 1.29 is 23.7 Å². The van der Waals surface area contributed by atoms with Crippen LogP contribution in [0.25, 0.3) is 0 Å². The number of halogens is 1. The lowest BCUT2D eigenvalue weighted by Gasteiger charge is -2.30. The van der Waals surface area contributed by atoms with Gasteiger partial charge in [-0.1, -0.05) is 12.1 Å². The molecule has 2 aliphatic rings. The van der Waals surface area contributed by atoms with Crippen LogP contribution in [0.2, 0.25) is 0 Å². The number of nitrogens with one attached hydrogen (secondary N) is 1. The van der Waals surface area contributed by atoms with E-state index in [0.717, 1.165) is 10.5 Å². The van der Waals surface area contributed by atoms with Crippen LogP contribution in [0.1, 0.15) is 24.8 Å². The van der Waals surface area contributed by atoms with E-state index in [4.69, 9.17) is 5.73 Å². The molecular formula is C17H21FN3O3+. The number of nitrogens with two attached hydrogens (primary N) is 1. The van der Waals surface area contributed by atoms with Crippen LogP contribution in [0.4, 0.5) is 4.39 Å². The van der Waals surface area contributed by atoms with Crippen molar-refractivity contribution in [1.29, 1.82) is 0 Å². The van der Waals surface area contributed by atoms with Gasteiger partial charge in [0.2, 0.25) is 11.8 Å². The molecule has 3 N–H and O–H groups in total. The minimum Gasteiger partial charge on any atom is -0.369 e. The van der Waals surface area contributed by atoms with E-state index in [1.165, 1.54) is 17.0 Å². The molecule has 2 aliphatic heterocycles. The Morgan fingerprint density at radius 2 is 1.83 bits per heavy atom. The third-order valence-corrected chi connectivity index (χ3v) is 5.02. The molecule has 3 amide bonds. The Hall–Kier alpha value is -2.28. The van der Waals surface area contributed by atoms with Crippen molar-refractivity contribution in [3.8, 4) is 0 Å². The van der Waals surface area contributed by atoms with E-state index in [-0.39, 0.29) is 48.5 Å². The molecule has 0 spiro atoms. The Morgan fingerprint density at radius 3 is 2.42 bits per heavy atom. The van der Waals surface area contributed by atoms with Crippen LogP contribution >= 0.6 is 0 Å². The Bertz CT molecular complexity index is 654. The molecule has 0 radical (unpaired) electrons. The largest absolute Gasteiger partial charge is 0.369 e. The van der Waals surface area contributed by atoms with Crippen molar-refractivity contribution in [3.05, 3.63) is 35.6 Å². The van der Waals surface area contributed by atoms with Gasteiger partial charge in [-0.25, -0.2) is 4.39 Å². The predicted molar refractivity (Wildman–Crippen MR) is 83.0 cm³/mol. The topological polar surface area (TPSA) is 84.9 Å². The van der Waals surface area contributed by atoms with E-state index in [9.17, 15) is 18.8 Å². The van der Waals surface area contributed by atoms with E-state index in [1.54, 1.807) is 12.1 Å². The minimum absolute atomic E-state index is 0.128. The number of benzene rings is 1. The molecular weight excluding hydrogens is 313 g/mol. The molecule has 6 nitrogen and oxygen atoms in total. The SMILES string of the molecule is NC(=O)C1CC[NH+]([C@H]2CC(=O)N(Cc3ccc(F)cc3)C2=O)CC1. The van der Waals surface area contributed by atoms with Crippen molar-refractivity contribution in [2.24, 2.45) is 11.7 Å². The monoisotopic (exact) mass is 334 g/mol. The summed E-state index contributed by atoms with van der Waals surface area (Å²) in [6.07, 6.45) is 1.50. The van der Waals surface area contributed by atoms with Crippen LogP contribution in [0, 0.1) is 11.7 Å². The number of imide groups is 1. The van der Waals surface area contributed by atoms with Crippen molar-refractivity contribution in [3.63, 3.8) is 0 Å². The maximum absolute atomic E-state index is 13.0. The smallest absolute Gasteiger partial charge is 0.288 e. The summed E-state index contributed by atoms with van der Waals surface area (Å²) in [7, 11) is 0. The average molecular weight is 334 g/mol. The maximum atomic E-state index is 13.0. The zero-order chi connectivity index (χ0) is 17.3. The van der Waals surface area contributed by atoms with Crippen LogP contribution < -0.4 is 10.6 Å². The number of amides is 3. The number of carbonyl (C=O) groups excluding carboxylic acids is 3. The van der Waals surface area contributed by atoms with Gasteiger partial charge in [0.15, 0.2) is 6.04 Å². The summed E-state index contributed by atoms with van der Waals surface area (Å²) in [5.74, 6) is -1.15. The van der Waals surface area contributed by atoms with Gasteiger partial charge in [-0.15, -0.1) is 0 Å². The van der Waals surface area contributed by atoms with Crippen LogP contribution in [0.5, 0.6) is 0 Å². The van der Waals surface area contributed by atoms with Crippen molar-refractivity contribution in [2.45, 2.75) is 31.8 Å². The highest BCUT2D eigenvalue weighted by Gasteiger charge is 2.46. The van der Waals surface area contributed by atoms with Gasteiger partial charge in [0.05, 0.1) is 26.1 Å². The first-order valence-electron chi connectivity index (χ1n) is 8.18. The molecule has 128 valence electrons. The van der Waals surface area contributed by atoms with Crippen LogP contribution in [0.15, 0.2) is 24.3 Å². The van der Waals surface area contributed by atoms with Crippen LogP contribution in [0.3, 0.4) is 0 Å². The fourth-order valence-electron chi connectivity index (χ4n) is 3.56. The Labute approximate surface area is 139 Å². The molecule has 7 heteroatoms. The number of rotatable bonds is 4. The molecule has 1 aromatic rings. The number of likely N-dealkylation sites (tertiary alicyclic amines) is 2. The molecule has 1 aromatic carbocycles. The Balaban J connectivity index is 1.64. The van der Waals surface area contributed by atoms with Gasteiger partial charge in [0.1, 0.15) is 5.82 Å². The summed E-state index contributed by atoms with van der Waals surface area (Å²) in [6.45, 7) is 1.51. The van der Waals surface area contributed by atoms with Gasteiger partial charge in [-0.2, -0.15) is 0 Å². The summed E-state index contributed by atoms with van der Waals surface area (Å²) in [4.78, 5) is 38.4. The molecule has 24 heavy (non-hydrogen) atoms. The first-order chi connectivity index (χ1) is 11.5. The summed E-state index contributed by atoms with van der Waals surface area (Å²) in [5, 5.41) is 0. The number of hydrogen-bond donors (Lipinski definition) is 2. The van der Waals surface area contributed by atoms with Crippen LogP contribution in [-0.4, -0.2) is 41.8 Å². The number of carbonyl (C=O) groups is 3. The molecule has 3 rings (SSSR count). The third kappa shape index (κ3) is 3.31. The highest BCUT2D eigenvalue weighted by atomic mass is 19.1. The van der Waals surface area contributed by atoms with E-state index in [2.05, 4.69) is 0 Å². The molecule has 0 unspecified atom stereocenters. The molecule has 0 aliphatic carbocycles. The molecule has 2 heterocycles. The quantitative estimate of drug-likeness (QED) is 0.710. The first kappa shape index (κ1) is 16.6. The molecule has 2 fully saturated rings. The summed E-state index contributed by atoms with van der Waals surface area (Å²) in [5.41, 5.74) is 6.05. The standard InChI is InChI=1S/C17H20FN3O3/c18-13-3-1-11(2-4-13)10-21-15(22)9-14(17(21)24)20-7-5-12(6-8-20)16(19)23/h1-4,12,14H,5-10H2,(H2,19,23)/p+1/t14-/m0/s1. The van der Waals surface area contributed by atoms with Gasteiger partial charge in [0, 0.05) is 18.8 Å². The zero-order valence-electron chi connectivity index (χ0n) is 13.3. The van der Waals surface area contributed by atoms with Gasteiger partial charge in [0.25, 0.3) is 5.91 Å². The Morgan fingerprint density at radius 1 is 1.21 bits per heavy atom. The second-order valence-electron chi connectivity index (χ2n) is 6.54. The first-order valence-corrected chi connectivity index (χ1v) is 8.18. The highest BCUT2D eigenvalue weighted by molar-refractivity contribution is 6.04. The minimum atomic E-state index is -0.383. The number of hydrogen-bond acceptors (Lipinski definition) is 3. The van der Waals surface area contributed by atoms with E-state index in [1.807, 2.05) is 0 Å². The lowest BCUT2D eigenvalue weighted by atomic mass is 9.95. The average Bonchev–Trinajstić information content (AvgIpc) is 2.85. The fourth-order valence-corrected chi connectivity index (χ4v) is 3.56. The molecule has 0 saturated carbocycles. The van der Waals surface area contributed by atoms with Gasteiger partial charge in [-0.05, 0) is 17.7 Å². The highest BCUT2D eigenvalue weighted by Crippen LogP contribution is 2.17. The number of quaternary nitrogens is 1. The predicted octanol–water partition coefficient (Wildman–Crippen LogP) is -0.767. The number of nitrogens with zero attached hydrogens (tertiary/aromatic N) is 1. The molecule has 1 atom stereocenters. The fraction of sp³-hybridized carbons (Fsp3) is 0.471. The zero-order valence-corrected chi connectivity index (χ0v) is 13.3.